The van der Waals surface area contributed by atoms with Crippen molar-refractivity contribution >= 4 is 29.2 Å². The van der Waals surface area contributed by atoms with Crippen molar-refractivity contribution in [1.29, 1.82) is 0 Å². The van der Waals surface area contributed by atoms with Crippen molar-refractivity contribution in [3.8, 4) is 0 Å². The van der Waals surface area contributed by atoms with E-state index in [4.69, 9.17) is 17.3 Å². The van der Waals surface area contributed by atoms with Crippen LogP contribution in [0.3, 0.4) is 0 Å². The number of rotatable bonds is 3. The molecule has 6 nitrogen and oxygen atoms in total. The Hall–Kier alpha value is -1.82. The highest BCUT2D eigenvalue weighted by atomic mass is 35.5. The zero-order valence-electron chi connectivity index (χ0n) is 12.0. The molecule has 2 amide bonds. The monoisotopic (exact) mass is 298 g/mol. The fraction of sp³-hybridized carbons (Fsp3) is 0.462. The van der Waals surface area contributed by atoms with Gasteiger partial charge in [0.15, 0.2) is 0 Å². The highest BCUT2D eigenvalue weighted by molar-refractivity contribution is 6.29. The maximum absolute atomic E-state index is 12.0. The maximum Gasteiger partial charge on any atom is 0.252 e. The number of nitrogens with zero attached hydrogens (tertiary/aromatic N) is 1. The lowest BCUT2D eigenvalue weighted by Crippen LogP contribution is -2.50. The zero-order valence-corrected chi connectivity index (χ0v) is 12.7. The molecular weight excluding hydrogens is 280 g/mol. The summed E-state index contributed by atoms with van der Waals surface area (Å²) in [5.74, 6) is -0.550. The van der Waals surface area contributed by atoms with Gasteiger partial charge in [-0.1, -0.05) is 11.6 Å². The number of hydrogen-bond donors (Lipinski definition) is 3. The number of hydrogen-bond acceptors (Lipinski definition) is 4. The standard InChI is InChI=1S/C13H19ClN4O2/c1-7(11(19)18-13(2,3)4)16-12(20)8-5-9(14)17-10(15)6-8/h5-7H,1-4H3,(H2,15,17)(H,16,20)(H,18,19). The summed E-state index contributed by atoms with van der Waals surface area (Å²) >= 11 is 5.73. The third-order valence-corrected chi connectivity index (χ3v) is 2.51. The number of nitrogens with one attached hydrogen (secondary N) is 2. The van der Waals surface area contributed by atoms with Crippen molar-refractivity contribution in [2.24, 2.45) is 0 Å². The normalized spacial score (nSPS) is 12.7. The van der Waals surface area contributed by atoms with Gasteiger partial charge in [-0.05, 0) is 39.8 Å². The van der Waals surface area contributed by atoms with E-state index in [0.29, 0.717) is 0 Å². The molecule has 0 spiro atoms. The van der Waals surface area contributed by atoms with Gasteiger partial charge in [0.2, 0.25) is 5.91 Å². The maximum atomic E-state index is 12.0. The zero-order chi connectivity index (χ0) is 15.5. The van der Waals surface area contributed by atoms with Crippen LogP contribution in [0.1, 0.15) is 38.1 Å². The first kappa shape index (κ1) is 16.2. The number of nitrogens with two attached hydrogens (primary N) is 1. The fourth-order valence-corrected chi connectivity index (χ4v) is 1.69. The van der Waals surface area contributed by atoms with Gasteiger partial charge in [-0.25, -0.2) is 4.98 Å². The Morgan fingerprint density at radius 3 is 2.45 bits per heavy atom. The molecule has 1 rings (SSSR count). The van der Waals surface area contributed by atoms with Crippen LogP contribution in [0.2, 0.25) is 5.15 Å². The first-order valence-corrected chi connectivity index (χ1v) is 6.52. The molecule has 1 atom stereocenters. The van der Waals surface area contributed by atoms with Crippen LogP contribution in [0.15, 0.2) is 12.1 Å². The number of halogens is 1. The van der Waals surface area contributed by atoms with Crippen LogP contribution < -0.4 is 16.4 Å². The highest BCUT2D eigenvalue weighted by Gasteiger charge is 2.21. The SMILES string of the molecule is CC(NC(=O)c1cc(N)nc(Cl)c1)C(=O)NC(C)(C)C. The molecule has 0 aliphatic heterocycles. The van der Waals surface area contributed by atoms with E-state index in [1.807, 2.05) is 20.8 Å². The minimum Gasteiger partial charge on any atom is -0.384 e. The van der Waals surface area contributed by atoms with E-state index in [1.165, 1.54) is 12.1 Å². The van der Waals surface area contributed by atoms with Gasteiger partial charge in [0.05, 0.1) is 0 Å². The summed E-state index contributed by atoms with van der Waals surface area (Å²) in [5.41, 5.74) is 5.42. The van der Waals surface area contributed by atoms with E-state index >= 15 is 0 Å². The molecule has 1 heterocycles. The van der Waals surface area contributed by atoms with Crippen LogP contribution in [-0.2, 0) is 4.79 Å². The molecule has 0 saturated heterocycles. The number of nitrogen functional groups attached to an aromatic ring is 1. The molecule has 1 unspecified atom stereocenters. The van der Waals surface area contributed by atoms with Gasteiger partial charge in [-0.2, -0.15) is 0 Å². The first-order chi connectivity index (χ1) is 9.08. The highest BCUT2D eigenvalue weighted by Crippen LogP contribution is 2.12. The predicted octanol–water partition coefficient (Wildman–Crippen LogP) is 1.35. The Balaban J connectivity index is 2.72. The Bertz CT molecular complexity index is 505. The number of anilines is 1. The third kappa shape index (κ3) is 5.05. The first-order valence-electron chi connectivity index (χ1n) is 6.14. The Morgan fingerprint density at radius 2 is 1.95 bits per heavy atom. The average molecular weight is 299 g/mol. The van der Waals surface area contributed by atoms with Crippen LogP contribution in [0.5, 0.6) is 0 Å². The summed E-state index contributed by atoms with van der Waals surface area (Å²) in [6.07, 6.45) is 0. The van der Waals surface area contributed by atoms with Crippen molar-refractivity contribution in [2.75, 3.05) is 5.73 Å². The van der Waals surface area contributed by atoms with Crippen molar-refractivity contribution in [1.82, 2.24) is 15.6 Å². The molecule has 0 fully saturated rings. The number of pyridine rings is 1. The molecule has 0 aliphatic rings. The lowest BCUT2D eigenvalue weighted by atomic mass is 10.1. The minimum atomic E-state index is -0.671. The summed E-state index contributed by atoms with van der Waals surface area (Å²) in [6.45, 7) is 7.19. The topological polar surface area (TPSA) is 97.1 Å². The molecule has 20 heavy (non-hydrogen) atoms. The predicted molar refractivity (Wildman–Crippen MR) is 78.5 cm³/mol. The molecule has 110 valence electrons. The van der Waals surface area contributed by atoms with E-state index in [9.17, 15) is 9.59 Å². The second kappa shape index (κ2) is 6.09. The number of carbonyl (C=O) groups excluding carboxylic acids is 2. The van der Waals surface area contributed by atoms with Crippen LogP contribution in [0, 0.1) is 0 Å². The van der Waals surface area contributed by atoms with Crippen LogP contribution in [-0.4, -0.2) is 28.4 Å². The molecule has 7 heteroatoms. The smallest absolute Gasteiger partial charge is 0.252 e. The molecule has 0 saturated carbocycles. The van der Waals surface area contributed by atoms with E-state index in [-0.39, 0.29) is 28.0 Å². The Morgan fingerprint density at radius 1 is 1.35 bits per heavy atom. The summed E-state index contributed by atoms with van der Waals surface area (Å²) in [6, 6.07) is 2.12. The molecule has 0 bridgehead atoms. The fourth-order valence-electron chi connectivity index (χ4n) is 1.47. The molecule has 0 aromatic carbocycles. The molecule has 0 aliphatic carbocycles. The largest absolute Gasteiger partial charge is 0.384 e. The van der Waals surface area contributed by atoms with Crippen molar-refractivity contribution < 1.29 is 9.59 Å². The molecule has 1 aromatic rings. The summed E-state index contributed by atoms with van der Waals surface area (Å²) in [7, 11) is 0. The summed E-state index contributed by atoms with van der Waals surface area (Å²) in [5, 5.41) is 5.49. The molecule has 1 aromatic heterocycles. The molecule has 4 N–H and O–H groups in total. The van der Waals surface area contributed by atoms with E-state index < -0.39 is 11.9 Å². The lowest BCUT2D eigenvalue weighted by Gasteiger charge is -2.23. The number of carbonyl (C=O) groups is 2. The third-order valence-electron chi connectivity index (χ3n) is 2.32. The van der Waals surface area contributed by atoms with Gasteiger partial charge in [-0.15, -0.1) is 0 Å². The van der Waals surface area contributed by atoms with E-state index in [2.05, 4.69) is 15.6 Å². The van der Waals surface area contributed by atoms with Crippen molar-refractivity contribution in [3.05, 3.63) is 22.8 Å². The second-order valence-corrected chi connectivity index (χ2v) is 5.93. The summed E-state index contributed by atoms with van der Waals surface area (Å²) in [4.78, 5) is 27.6. The quantitative estimate of drug-likeness (QED) is 0.734. The van der Waals surface area contributed by atoms with Gasteiger partial charge in [0, 0.05) is 11.1 Å². The van der Waals surface area contributed by atoms with Crippen LogP contribution >= 0.6 is 11.6 Å². The van der Waals surface area contributed by atoms with E-state index in [1.54, 1.807) is 6.92 Å². The van der Waals surface area contributed by atoms with Gasteiger partial charge in [-0.3, -0.25) is 9.59 Å². The van der Waals surface area contributed by atoms with Gasteiger partial charge in [0.1, 0.15) is 17.0 Å². The second-order valence-electron chi connectivity index (χ2n) is 5.54. The van der Waals surface area contributed by atoms with Gasteiger partial charge in [0.25, 0.3) is 5.91 Å². The van der Waals surface area contributed by atoms with Crippen LogP contribution in [0.25, 0.3) is 0 Å². The summed E-state index contributed by atoms with van der Waals surface area (Å²) < 4.78 is 0. The van der Waals surface area contributed by atoms with Gasteiger partial charge < -0.3 is 16.4 Å². The van der Waals surface area contributed by atoms with Crippen LogP contribution in [0.4, 0.5) is 5.82 Å². The minimum absolute atomic E-state index is 0.127. The van der Waals surface area contributed by atoms with Crippen molar-refractivity contribution in [2.45, 2.75) is 39.3 Å². The van der Waals surface area contributed by atoms with E-state index in [0.717, 1.165) is 0 Å². The lowest BCUT2D eigenvalue weighted by molar-refractivity contribution is -0.124. The number of amides is 2. The number of aromatic nitrogens is 1. The Kier molecular flexibility index (Phi) is 4.94. The molecule has 0 radical (unpaired) electrons. The van der Waals surface area contributed by atoms with Gasteiger partial charge >= 0.3 is 0 Å². The van der Waals surface area contributed by atoms with Crippen molar-refractivity contribution in [3.63, 3.8) is 0 Å². The Labute approximate surface area is 123 Å². The average Bonchev–Trinajstić information content (AvgIpc) is 2.25. The molecular formula is C13H19ClN4O2.